The van der Waals surface area contributed by atoms with Gasteiger partial charge < -0.3 is 10.1 Å². The lowest BCUT2D eigenvalue weighted by atomic mass is 9.98. The van der Waals surface area contributed by atoms with E-state index in [1.54, 1.807) is 12.4 Å². The number of likely N-dealkylation sites (tertiary alicyclic amines) is 1. The van der Waals surface area contributed by atoms with E-state index in [4.69, 9.17) is 4.74 Å². The first kappa shape index (κ1) is 11.6. The van der Waals surface area contributed by atoms with Crippen LogP contribution in [0.2, 0.25) is 0 Å². The number of hydrogen-bond acceptors (Lipinski definition) is 5. The second kappa shape index (κ2) is 4.72. The summed E-state index contributed by atoms with van der Waals surface area (Å²) in [6, 6.07) is 1.25. The summed E-state index contributed by atoms with van der Waals surface area (Å²) in [6.45, 7) is 4.34. The molecule has 5 nitrogen and oxygen atoms in total. The van der Waals surface area contributed by atoms with Gasteiger partial charge in [-0.05, 0) is 24.7 Å². The molecule has 0 unspecified atom stereocenters. The van der Waals surface area contributed by atoms with Crippen LogP contribution in [0.4, 0.5) is 5.82 Å². The lowest BCUT2D eigenvalue weighted by molar-refractivity contribution is -0.0594. The number of ether oxygens (including phenoxy) is 1. The summed E-state index contributed by atoms with van der Waals surface area (Å²) in [5.74, 6) is 2.54. The summed E-state index contributed by atoms with van der Waals surface area (Å²) < 4.78 is 5.32. The second-order valence-electron chi connectivity index (χ2n) is 5.99. The monoisotopic (exact) mass is 260 g/mol. The standard InChI is InChI=1S/C14H20N4O/c1-2-13(17-14-5-15-3-4-16-14)12-7-18(6-10(1)12)11-8-19-9-11/h3-5,10-13H,1-2,6-9H2,(H,16,17)/t10-,12+,13-/m0/s1. The summed E-state index contributed by atoms with van der Waals surface area (Å²) in [5.41, 5.74) is 0. The Morgan fingerprint density at radius 3 is 2.89 bits per heavy atom. The number of hydrogen-bond donors (Lipinski definition) is 1. The van der Waals surface area contributed by atoms with E-state index in [0.717, 1.165) is 30.9 Å². The third-order valence-electron chi connectivity index (χ3n) is 4.92. The average Bonchev–Trinajstić information content (AvgIpc) is 2.91. The van der Waals surface area contributed by atoms with Gasteiger partial charge >= 0.3 is 0 Å². The summed E-state index contributed by atoms with van der Waals surface area (Å²) in [6.07, 6.45) is 7.89. The Kier molecular flexibility index (Phi) is 2.89. The molecule has 5 heteroatoms. The minimum atomic E-state index is 0.563. The Bertz CT molecular complexity index is 436. The zero-order chi connectivity index (χ0) is 12.7. The van der Waals surface area contributed by atoms with Gasteiger partial charge in [-0.3, -0.25) is 9.88 Å². The van der Waals surface area contributed by atoms with Crippen LogP contribution in [0.3, 0.4) is 0 Å². The van der Waals surface area contributed by atoms with Gasteiger partial charge in [0.25, 0.3) is 0 Å². The zero-order valence-electron chi connectivity index (χ0n) is 11.0. The van der Waals surface area contributed by atoms with E-state index in [1.807, 2.05) is 6.20 Å². The van der Waals surface area contributed by atoms with Crippen molar-refractivity contribution in [1.29, 1.82) is 0 Å². The Morgan fingerprint density at radius 1 is 1.21 bits per heavy atom. The van der Waals surface area contributed by atoms with Crippen LogP contribution < -0.4 is 5.32 Å². The molecule has 0 bridgehead atoms. The van der Waals surface area contributed by atoms with Crippen molar-refractivity contribution in [3.05, 3.63) is 18.6 Å². The predicted molar refractivity (Wildman–Crippen MR) is 71.8 cm³/mol. The molecule has 1 aliphatic carbocycles. The van der Waals surface area contributed by atoms with Crippen molar-refractivity contribution >= 4 is 5.82 Å². The number of nitrogens with zero attached hydrogens (tertiary/aromatic N) is 3. The molecule has 1 aromatic heterocycles. The van der Waals surface area contributed by atoms with Crippen LogP contribution in [0.15, 0.2) is 18.6 Å². The molecule has 4 rings (SSSR count). The number of anilines is 1. The molecule has 1 saturated carbocycles. The largest absolute Gasteiger partial charge is 0.378 e. The van der Waals surface area contributed by atoms with E-state index in [9.17, 15) is 0 Å². The molecule has 0 amide bonds. The van der Waals surface area contributed by atoms with Gasteiger partial charge in [-0.1, -0.05) is 0 Å². The fourth-order valence-electron chi connectivity index (χ4n) is 3.77. The minimum absolute atomic E-state index is 0.563. The highest BCUT2D eigenvalue weighted by molar-refractivity contribution is 5.32. The van der Waals surface area contributed by atoms with Gasteiger partial charge in [-0.2, -0.15) is 0 Å². The van der Waals surface area contributed by atoms with Crippen LogP contribution in [0.25, 0.3) is 0 Å². The van der Waals surface area contributed by atoms with Gasteiger partial charge in [0, 0.05) is 31.5 Å². The first-order valence-electron chi connectivity index (χ1n) is 7.24. The highest BCUT2D eigenvalue weighted by Gasteiger charge is 2.45. The van der Waals surface area contributed by atoms with Gasteiger partial charge in [0.1, 0.15) is 5.82 Å². The number of fused-ring (bicyclic) bond motifs is 1. The fourth-order valence-corrected chi connectivity index (χ4v) is 3.77. The van der Waals surface area contributed by atoms with Gasteiger partial charge in [-0.15, -0.1) is 0 Å². The lowest BCUT2D eigenvalue weighted by Crippen LogP contribution is -2.48. The van der Waals surface area contributed by atoms with E-state index >= 15 is 0 Å². The predicted octanol–water partition coefficient (Wildman–Crippen LogP) is 0.998. The smallest absolute Gasteiger partial charge is 0.144 e. The van der Waals surface area contributed by atoms with Crippen molar-refractivity contribution in [2.24, 2.45) is 11.8 Å². The molecule has 0 aromatic carbocycles. The number of rotatable bonds is 3. The zero-order valence-corrected chi connectivity index (χ0v) is 11.0. The number of nitrogens with one attached hydrogen (secondary N) is 1. The van der Waals surface area contributed by atoms with Crippen molar-refractivity contribution in [2.45, 2.75) is 24.9 Å². The van der Waals surface area contributed by atoms with E-state index in [1.165, 1.54) is 25.9 Å². The Hall–Kier alpha value is -1.20. The molecule has 2 aliphatic heterocycles. The van der Waals surface area contributed by atoms with Crippen molar-refractivity contribution in [3.63, 3.8) is 0 Å². The number of aromatic nitrogens is 2. The maximum Gasteiger partial charge on any atom is 0.144 e. The van der Waals surface area contributed by atoms with Crippen molar-refractivity contribution in [1.82, 2.24) is 14.9 Å². The van der Waals surface area contributed by atoms with Crippen LogP contribution in [0.5, 0.6) is 0 Å². The molecule has 0 radical (unpaired) electrons. The molecule has 3 heterocycles. The van der Waals surface area contributed by atoms with Gasteiger partial charge in [0.2, 0.25) is 0 Å². The topological polar surface area (TPSA) is 50.3 Å². The fraction of sp³-hybridized carbons (Fsp3) is 0.714. The van der Waals surface area contributed by atoms with E-state index < -0.39 is 0 Å². The quantitative estimate of drug-likeness (QED) is 0.878. The Balaban J connectivity index is 1.41. The molecule has 1 aromatic rings. The lowest BCUT2D eigenvalue weighted by Gasteiger charge is -2.35. The second-order valence-corrected chi connectivity index (χ2v) is 5.99. The van der Waals surface area contributed by atoms with Crippen molar-refractivity contribution < 1.29 is 4.74 Å². The molecule has 0 spiro atoms. The molecule has 3 atom stereocenters. The normalized spacial score (nSPS) is 35.1. The molecule has 3 aliphatic rings. The first-order valence-corrected chi connectivity index (χ1v) is 7.24. The molecule has 2 saturated heterocycles. The third-order valence-corrected chi connectivity index (χ3v) is 4.92. The van der Waals surface area contributed by atoms with Gasteiger partial charge in [-0.25, -0.2) is 4.98 Å². The summed E-state index contributed by atoms with van der Waals surface area (Å²) in [7, 11) is 0. The summed E-state index contributed by atoms with van der Waals surface area (Å²) in [4.78, 5) is 11.1. The van der Waals surface area contributed by atoms with E-state index in [-0.39, 0.29) is 0 Å². The highest BCUT2D eigenvalue weighted by atomic mass is 16.5. The SMILES string of the molecule is c1cnc(N[C@H]2CC[C@H]3CN(C4COC4)C[C@H]32)cn1. The van der Waals surface area contributed by atoms with Crippen LogP contribution in [-0.4, -0.2) is 53.3 Å². The molecule has 102 valence electrons. The molecule has 19 heavy (non-hydrogen) atoms. The minimum Gasteiger partial charge on any atom is -0.378 e. The Labute approximate surface area is 113 Å². The van der Waals surface area contributed by atoms with Crippen LogP contribution in [0, 0.1) is 11.8 Å². The highest BCUT2D eigenvalue weighted by Crippen LogP contribution is 2.40. The summed E-state index contributed by atoms with van der Waals surface area (Å²) in [5, 5.41) is 3.58. The third kappa shape index (κ3) is 2.11. The summed E-state index contributed by atoms with van der Waals surface area (Å²) >= 11 is 0. The van der Waals surface area contributed by atoms with Crippen molar-refractivity contribution in [2.75, 3.05) is 31.6 Å². The molecular formula is C14H20N4O. The van der Waals surface area contributed by atoms with Crippen LogP contribution >= 0.6 is 0 Å². The van der Waals surface area contributed by atoms with Gasteiger partial charge in [0.15, 0.2) is 0 Å². The van der Waals surface area contributed by atoms with Crippen LogP contribution in [-0.2, 0) is 4.74 Å². The van der Waals surface area contributed by atoms with Crippen LogP contribution in [0.1, 0.15) is 12.8 Å². The first-order chi connectivity index (χ1) is 9.40. The molecule has 3 fully saturated rings. The molecular weight excluding hydrogens is 240 g/mol. The maximum absolute atomic E-state index is 5.32. The van der Waals surface area contributed by atoms with E-state index in [2.05, 4.69) is 20.2 Å². The van der Waals surface area contributed by atoms with E-state index in [0.29, 0.717) is 12.1 Å². The Morgan fingerprint density at radius 2 is 2.16 bits per heavy atom. The van der Waals surface area contributed by atoms with Gasteiger partial charge in [0.05, 0.1) is 25.5 Å². The molecule has 1 N–H and O–H groups in total. The average molecular weight is 260 g/mol. The maximum atomic E-state index is 5.32. The van der Waals surface area contributed by atoms with Crippen molar-refractivity contribution in [3.8, 4) is 0 Å².